The van der Waals surface area contributed by atoms with E-state index in [0.29, 0.717) is 0 Å². The monoisotopic (exact) mass is 366 g/mol. The first-order valence-corrected chi connectivity index (χ1v) is 9.94. The summed E-state index contributed by atoms with van der Waals surface area (Å²) in [7, 11) is 0. The number of hydrogen-bond acceptors (Lipinski definition) is 3. The number of rotatable bonds is 3. The lowest BCUT2D eigenvalue weighted by Crippen LogP contribution is -2.17. The van der Waals surface area contributed by atoms with E-state index in [-0.39, 0.29) is 6.04 Å². The van der Waals surface area contributed by atoms with E-state index in [1.807, 2.05) is 24.3 Å². The standard InChI is InChI=1S/C24H22N4/c1-16(17-9-3-2-4-10-17)26-23-19-12-6-5-11-18(19)20(15-25)24-27-21-13-7-8-14-22(21)28(23)24/h2-4,7-10,13-14,16,26H,5-6,11-12H2,1H3. The summed E-state index contributed by atoms with van der Waals surface area (Å²) in [6.45, 7) is 2.19. The van der Waals surface area contributed by atoms with Crippen LogP contribution in [0.15, 0.2) is 54.6 Å². The van der Waals surface area contributed by atoms with Crippen molar-refractivity contribution in [2.75, 3.05) is 5.32 Å². The van der Waals surface area contributed by atoms with Crippen LogP contribution in [0.2, 0.25) is 0 Å². The third kappa shape index (κ3) is 2.55. The van der Waals surface area contributed by atoms with Gasteiger partial charge >= 0.3 is 0 Å². The summed E-state index contributed by atoms with van der Waals surface area (Å²) >= 11 is 0. The molecular formula is C24H22N4. The van der Waals surface area contributed by atoms with Crippen LogP contribution in [0.5, 0.6) is 0 Å². The summed E-state index contributed by atoms with van der Waals surface area (Å²) in [5.41, 5.74) is 7.19. The number of pyridine rings is 1. The first-order valence-electron chi connectivity index (χ1n) is 9.94. The van der Waals surface area contributed by atoms with Gasteiger partial charge in [-0.25, -0.2) is 4.98 Å². The van der Waals surface area contributed by atoms with Crippen LogP contribution in [0.1, 0.15) is 48.1 Å². The molecular weight excluding hydrogens is 344 g/mol. The van der Waals surface area contributed by atoms with Gasteiger partial charge in [-0.2, -0.15) is 5.26 Å². The number of hydrogen-bond donors (Lipinski definition) is 1. The summed E-state index contributed by atoms with van der Waals surface area (Å²) in [4.78, 5) is 4.84. The molecule has 1 aliphatic rings. The van der Waals surface area contributed by atoms with Gasteiger partial charge < -0.3 is 5.32 Å². The number of nitrogens with zero attached hydrogens (tertiary/aromatic N) is 3. The number of nitriles is 1. The van der Waals surface area contributed by atoms with Crippen LogP contribution in [0, 0.1) is 11.3 Å². The molecule has 2 heterocycles. The minimum Gasteiger partial charge on any atom is -0.364 e. The molecule has 0 radical (unpaired) electrons. The van der Waals surface area contributed by atoms with Crippen molar-refractivity contribution in [1.82, 2.24) is 9.38 Å². The predicted octanol–water partition coefficient (Wildman–Crippen LogP) is 5.41. The largest absolute Gasteiger partial charge is 0.364 e. The first kappa shape index (κ1) is 16.8. The zero-order chi connectivity index (χ0) is 19.1. The molecule has 4 heteroatoms. The van der Waals surface area contributed by atoms with Crippen molar-refractivity contribution in [2.24, 2.45) is 0 Å². The minimum atomic E-state index is 0.157. The number of imidazole rings is 1. The Hall–Kier alpha value is -3.32. The zero-order valence-corrected chi connectivity index (χ0v) is 15.9. The van der Waals surface area contributed by atoms with Crippen molar-refractivity contribution < 1.29 is 0 Å². The van der Waals surface area contributed by atoms with Gasteiger partial charge in [-0.3, -0.25) is 4.40 Å². The number of aromatic nitrogens is 2. The fraction of sp³-hybridized carbons (Fsp3) is 0.250. The van der Waals surface area contributed by atoms with Crippen LogP contribution < -0.4 is 5.32 Å². The van der Waals surface area contributed by atoms with Gasteiger partial charge in [0.1, 0.15) is 11.9 Å². The third-order valence-corrected chi connectivity index (χ3v) is 5.83. The van der Waals surface area contributed by atoms with Crippen molar-refractivity contribution >= 4 is 22.5 Å². The van der Waals surface area contributed by atoms with E-state index < -0.39 is 0 Å². The molecule has 0 aliphatic heterocycles. The molecule has 4 aromatic rings. The second-order valence-electron chi connectivity index (χ2n) is 7.54. The lowest BCUT2D eigenvalue weighted by atomic mass is 9.89. The fourth-order valence-corrected chi connectivity index (χ4v) is 4.43. The molecule has 0 saturated heterocycles. The highest BCUT2D eigenvalue weighted by Crippen LogP contribution is 2.36. The van der Waals surface area contributed by atoms with E-state index in [1.165, 1.54) is 16.7 Å². The highest BCUT2D eigenvalue weighted by molar-refractivity contribution is 5.86. The summed E-state index contributed by atoms with van der Waals surface area (Å²) in [6, 6.07) is 21.2. The van der Waals surface area contributed by atoms with Crippen molar-refractivity contribution in [1.29, 1.82) is 5.26 Å². The summed E-state index contributed by atoms with van der Waals surface area (Å²) in [6.07, 6.45) is 4.23. The van der Waals surface area contributed by atoms with Gasteiger partial charge in [-0.15, -0.1) is 0 Å². The Kier molecular flexibility index (Phi) is 4.02. The van der Waals surface area contributed by atoms with Gasteiger partial charge in [0.2, 0.25) is 0 Å². The number of anilines is 1. The predicted molar refractivity (Wildman–Crippen MR) is 113 cm³/mol. The lowest BCUT2D eigenvalue weighted by molar-refractivity contribution is 0.679. The highest BCUT2D eigenvalue weighted by Gasteiger charge is 2.25. The Labute approximate surface area is 164 Å². The molecule has 1 aliphatic carbocycles. The molecule has 138 valence electrons. The van der Waals surface area contributed by atoms with Gasteiger partial charge in [0, 0.05) is 6.04 Å². The molecule has 0 fully saturated rings. The van der Waals surface area contributed by atoms with E-state index in [2.05, 4.69) is 53.0 Å². The van der Waals surface area contributed by atoms with Crippen LogP contribution in [-0.2, 0) is 12.8 Å². The van der Waals surface area contributed by atoms with E-state index in [9.17, 15) is 5.26 Å². The topological polar surface area (TPSA) is 53.1 Å². The van der Waals surface area contributed by atoms with Gasteiger partial charge in [-0.05, 0) is 61.4 Å². The number of benzene rings is 2. The van der Waals surface area contributed by atoms with Gasteiger partial charge in [0.15, 0.2) is 5.65 Å². The molecule has 1 atom stereocenters. The van der Waals surface area contributed by atoms with Crippen LogP contribution in [0.4, 0.5) is 5.82 Å². The molecule has 0 spiro atoms. The minimum absolute atomic E-state index is 0.157. The van der Waals surface area contributed by atoms with Crippen molar-refractivity contribution in [2.45, 2.75) is 38.6 Å². The van der Waals surface area contributed by atoms with E-state index in [0.717, 1.165) is 53.7 Å². The molecule has 1 unspecified atom stereocenters. The Morgan fingerprint density at radius 3 is 2.50 bits per heavy atom. The average Bonchev–Trinajstić information content (AvgIpc) is 3.13. The van der Waals surface area contributed by atoms with Crippen LogP contribution in [0.25, 0.3) is 16.7 Å². The molecule has 0 bridgehead atoms. The Morgan fingerprint density at radius 2 is 1.71 bits per heavy atom. The average molecular weight is 366 g/mol. The molecule has 28 heavy (non-hydrogen) atoms. The van der Waals surface area contributed by atoms with E-state index in [4.69, 9.17) is 4.98 Å². The SMILES string of the molecule is CC(Nc1c2c(c(C#N)c3nc4ccccc4n13)CCCC2)c1ccccc1. The Morgan fingerprint density at radius 1 is 1.00 bits per heavy atom. The summed E-state index contributed by atoms with van der Waals surface area (Å²) in [5.74, 6) is 1.09. The molecule has 2 aromatic heterocycles. The normalized spacial score (nSPS) is 14.6. The van der Waals surface area contributed by atoms with Crippen molar-refractivity contribution in [3.8, 4) is 6.07 Å². The third-order valence-electron chi connectivity index (χ3n) is 5.83. The smallest absolute Gasteiger partial charge is 0.157 e. The van der Waals surface area contributed by atoms with Gasteiger partial charge in [0.05, 0.1) is 16.6 Å². The molecule has 5 rings (SSSR count). The molecule has 4 nitrogen and oxygen atoms in total. The number of nitrogens with one attached hydrogen (secondary N) is 1. The number of para-hydroxylation sites is 2. The maximum absolute atomic E-state index is 9.94. The first-order chi connectivity index (χ1) is 13.8. The Balaban J connectivity index is 1.80. The van der Waals surface area contributed by atoms with Crippen LogP contribution in [-0.4, -0.2) is 9.38 Å². The molecule has 0 saturated carbocycles. The second kappa shape index (κ2) is 6.69. The van der Waals surface area contributed by atoms with E-state index in [1.54, 1.807) is 0 Å². The van der Waals surface area contributed by atoms with Gasteiger partial charge in [-0.1, -0.05) is 42.5 Å². The van der Waals surface area contributed by atoms with Gasteiger partial charge in [0.25, 0.3) is 0 Å². The Bertz CT molecular complexity index is 1210. The molecule has 2 aromatic carbocycles. The summed E-state index contributed by atoms with van der Waals surface area (Å²) < 4.78 is 2.16. The second-order valence-corrected chi connectivity index (χ2v) is 7.54. The summed E-state index contributed by atoms with van der Waals surface area (Å²) in [5, 5.41) is 13.7. The maximum Gasteiger partial charge on any atom is 0.157 e. The highest BCUT2D eigenvalue weighted by atomic mass is 15.1. The van der Waals surface area contributed by atoms with Crippen molar-refractivity contribution in [3.05, 3.63) is 76.9 Å². The quantitative estimate of drug-likeness (QED) is 0.527. The lowest BCUT2D eigenvalue weighted by Gasteiger charge is -2.26. The molecule has 0 amide bonds. The maximum atomic E-state index is 9.94. The van der Waals surface area contributed by atoms with Crippen LogP contribution >= 0.6 is 0 Å². The van der Waals surface area contributed by atoms with Crippen molar-refractivity contribution in [3.63, 3.8) is 0 Å². The number of fused-ring (bicyclic) bond motifs is 4. The molecule has 1 N–H and O–H groups in total. The fourth-order valence-electron chi connectivity index (χ4n) is 4.43. The zero-order valence-electron chi connectivity index (χ0n) is 15.9. The van der Waals surface area contributed by atoms with Crippen LogP contribution in [0.3, 0.4) is 0 Å². The van der Waals surface area contributed by atoms with E-state index >= 15 is 0 Å².